The van der Waals surface area contributed by atoms with Crippen molar-refractivity contribution in [2.75, 3.05) is 13.1 Å². The van der Waals surface area contributed by atoms with Gasteiger partial charge in [-0.05, 0) is 31.1 Å². The van der Waals surface area contributed by atoms with E-state index in [1.165, 1.54) is 0 Å². The van der Waals surface area contributed by atoms with Gasteiger partial charge >= 0.3 is 12.0 Å². The van der Waals surface area contributed by atoms with Crippen LogP contribution in [-0.2, 0) is 4.79 Å². The molecule has 5 heteroatoms. The standard InChI is InChI=1S/C15H28N2O3/c1-5-14(4)8-10-17(11-9-14)13(20)16-15(6-2,7-3)12(18)19/h5-11H2,1-4H3,(H,16,20)(H,18,19). The zero-order valence-corrected chi connectivity index (χ0v) is 13.2. The highest BCUT2D eigenvalue weighted by molar-refractivity contribution is 5.86. The summed E-state index contributed by atoms with van der Waals surface area (Å²) in [7, 11) is 0. The Bertz CT molecular complexity index is 356. The predicted molar refractivity (Wildman–Crippen MR) is 78.7 cm³/mol. The molecule has 1 rings (SSSR count). The highest BCUT2D eigenvalue weighted by Gasteiger charge is 2.39. The van der Waals surface area contributed by atoms with Crippen molar-refractivity contribution in [1.82, 2.24) is 10.2 Å². The van der Waals surface area contributed by atoms with Gasteiger partial charge in [-0.2, -0.15) is 0 Å². The minimum atomic E-state index is -1.14. The van der Waals surface area contributed by atoms with E-state index in [-0.39, 0.29) is 6.03 Å². The Kier molecular flexibility index (Phi) is 5.42. The van der Waals surface area contributed by atoms with Gasteiger partial charge in [-0.1, -0.05) is 34.1 Å². The Balaban J connectivity index is 2.66. The molecular weight excluding hydrogens is 256 g/mol. The van der Waals surface area contributed by atoms with Crippen LogP contribution in [0.5, 0.6) is 0 Å². The van der Waals surface area contributed by atoms with E-state index in [2.05, 4.69) is 19.2 Å². The van der Waals surface area contributed by atoms with E-state index in [9.17, 15) is 14.7 Å². The molecule has 2 amide bonds. The topological polar surface area (TPSA) is 69.6 Å². The first kappa shape index (κ1) is 16.8. The zero-order valence-electron chi connectivity index (χ0n) is 13.2. The van der Waals surface area contributed by atoms with Crippen LogP contribution in [0.2, 0.25) is 0 Å². The average molecular weight is 284 g/mol. The smallest absolute Gasteiger partial charge is 0.329 e. The third-order valence-corrected chi connectivity index (χ3v) is 5.07. The van der Waals surface area contributed by atoms with Crippen molar-refractivity contribution < 1.29 is 14.7 Å². The molecule has 20 heavy (non-hydrogen) atoms. The third-order valence-electron chi connectivity index (χ3n) is 5.07. The first-order valence-electron chi connectivity index (χ1n) is 7.63. The molecule has 0 spiro atoms. The Labute approximate surface area is 121 Å². The van der Waals surface area contributed by atoms with Crippen molar-refractivity contribution in [3.05, 3.63) is 0 Å². The third kappa shape index (κ3) is 3.44. The molecular formula is C15H28N2O3. The second-order valence-electron chi connectivity index (χ2n) is 6.18. The van der Waals surface area contributed by atoms with Gasteiger partial charge in [-0.25, -0.2) is 9.59 Å². The van der Waals surface area contributed by atoms with Crippen molar-refractivity contribution >= 4 is 12.0 Å². The van der Waals surface area contributed by atoms with Crippen LogP contribution in [0.4, 0.5) is 4.79 Å². The molecule has 2 N–H and O–H groups in total. The first-order valence-corrected chi connectivity index (χ1v) is 7.63. The van der Waals surface area contributed by atoms with Gasteiger partial charge in [0.25, 0.3) is 0 Å². The number of hydrogen-bond acceptors (Lipinski definition) is 2. The number of amides is 2. The number of carbonyl (C=O) groups excluding carboxylic acids is 1. The number of rotatable bonds is 5. The zero-order chi connectivity index (χ0) is 15.4. The van der Waals surface area contributed by atoms with Crippen LogP contribution in [0, 0.1) is 5.41 Å². The highest BCUT2D eigenvalue weighted by Crippen LogP contribution is 2.34. The molecule has 0 saturated carbocycles. The highest BCUT2D eigenvalue weighted by atomic mass is 16.4. The molecule has 0 aromatic heterocycles. The molecule has 5 nitrogen and oxygen atoms in total. The Morgan fingerprint density at radius 3 is 2.05 bits per heavy atom. The molecule has 1 saturated heterocycles. The molecule has 0 bridgehead atoms. The van der Waals surface area contributed by atoms with Crippen molar-refractivity contribution in [3.8, 4) is 0 Å². The van der Waals surface area contributed by atoms with E-state index in [4.69, 9.17) is 0 Å². The second kappa shape index (κ2) is 6.46. The molecule has 1 aliphatic rings. The Morgan fingerprint density at radius 1 is 1.20 bits per heavy atom. The summed E-state index contributed by atoms with van der Waals surface area (Å²) in [6, 6.07) is -0.241. The first-order chi connectivity index (χ1) is 9.32. The molecule has 0 aromatic carbocycles. The Morgan fingerprint density at radius 2 is 1.70 bits per heavy atom. The molecule has 0 aromatic rings. The summed E-state index contributed by atoms with van der Waals surface area (Å²) >= 11 is 0. The molecule has 116 valence electrons. The lowest BCUT2D eigenvalue weighted by Gasteiger charge is -2.40. The molecule has 0 aliphatic carbocycles. The van der Waals surface area contributed by atoms with Gasteiger partial charge in [0.1, 0.15) is 5.54 Å². The van der Waals surface area contributed by atoms with Crippen LogP contribution < -0.4 is 5.32 Å². The van der Waals surface area contributed by atoms with E-state index in [0.717, 1.165) is 19.3 Å². The second-order valence-corrected chi connectivity index (χ2v) is 6.18. The normalized spacial score (nSPS) is 18.7. The molecule has 1 heterocycles. The maximum atomic E-state index is 12.3. The van der Waals surface area contributed by atoms with Crippen LogP contribution in [0.15, 0.2) is 0 Å². The minimum absolute atomic E-state index is 0.241. The fourth-order valence-electron chi connectivity index (χ4n) is 2.67. The minimum Gasteiger partial charge on any atom is -0.480 e. The summed E-state index contributed by atoms with van der Waals surface area (Å²) in [6.07, 6.45) is 3.87. The molecule has 0 unspecified atom stereocenters. The van der Waals surface area contributed by atoms with Crippen molar-refractivity contribution in [1.29, 1.82) is 0 Å². The fourth-order valence-corrected chi connectivity index (χ4v) is 2.67. The summed E-state index contributed by atoms with van der Waals surface area (Å²) in [6.45, 7) is 9.43. The van der Waals surface area contributed by atoms with Crippen LogP contribution in [0.3, 0.4) is 0 Å². The van der Waals surface area contributed by atoms with Gasteiger partial charge in [-0.3, -0.25) is 0 Å². The fraction of sp³-hybridized carbons (Fsp3) is 0.867. The van der Waals surface area contributed by atoms with E-state index >= 15 is 0 Å². The lowest BCUT2D eigenvalue weighted by atomic mass is 9.78. The molecule has 1 fully saturated rings. The maximum absolute atomic E-state index is 12.3. The summed E-state index contributed by atoms with van der Waals surface area (Å²) in [5, 5.41) is 12.1. The van der Waals surface area contributed by atoms with E-state index in [0.29, 0.717) is 31.3 Å². The van der Waals surface area contributed by atoms with Crippen molar-refractivity contribution in [2.24, 2.45) is 5.41 Å². The predicted octanol–water partition coefficient (Wildman–Crippen LogP) is 2.85. The SMILES string of the molecule is CCC1(C)CCN(C(=O)NC(CC)(CC)C(=O)O)CC1. The van der Waals surface area contributed by atoms with E-state index in [1.54, 1.807) is 18.7 Å². The summed E-state index contributed by atoms with van der Waals surface area (Å²) < 4.78 is 0. The van der Waals surface area contributed by atoms with Gasteiger partial charge in [0.15, 0.2) is 0 Å². The molecule has 0 atom stereocenters. The Hall–Kier alpha value is -1.26. The number of carboxylic acid groups (broad SMARTS) is 1. The van der Waals surface area contributed by atoms with Gasteiger partial charge in [-0.15, -0.1) is 0 Å². The number of piperidine rings is 1. The van der Waals surface area contributed by atoms with Gasteiger partial charge in [0.2, 0.25) is 0 Å². The van der Waals surface area contributed by atoms with Crippen LogP contribution in [-0.4, -0.2) is 40.6 Å². The number of likely N-dealkylation sites (tertiary alicyclic amines) is 1. The van der Waals surface area contributed by atoms with Crippen LogP contribution in [0.1, 0.15) is 59.8 Å². The van der Waals surface area contributed by atoms with Gasteiger partial charge < -0.3 is 15.3 Å². The summed E-state index contributed by atoms with van der Waals surface area (Å²) in [5.41, 5.74) is -0.821. The number of hydrogen-bond donors (Lipinski definition) is 2. The number of carboxylic acids is 1. The largest absolute Gasteiger partial charge is 0.480 e. The molecule has 0 radical (unpaired) electrons. The number of carbonyl (C=O) groups is 2. The molecule has 1 aliphatic heterocycles. The van der Waals surface area contributed by atoms with E-state index in [1.807, 2.05) is 0 Å². The van der Waals surface area contributed by atoms with Gasteiger partial charge in [0, 0.05) is 13.1 Å². The van der Waals surface area contributed by atoms with Crippen molar-refractivity contribution in [3.63, 3.8) is 0 Å². The lowest BCUT2D eigenvalue weighted by Crippen LogP contribution is -2.58. The average Bonchev–Trinajstić information content (AvgIpc) is 2.45. The summed E-state index contributed by atoms with van der Waals surface area (Å²) in [5.74, 6) is -0.953. The number of nitrogens with zero attached hydrogens (tertiary/aromatic N) is 1. The van der Waals surface area contributed by atoms with Crippen LogP contribution >= 0.6 is 0 Å². The number of urea groups is 1. The monoisotopic (exact) mass is 284 g/mol. The van der Waals surface area contributed by atoms with Crippen molar-refractivity contribution in [2.45, 2.75) is 65.3 Å². The van der Waals surface area contributed by atoms with Crippen LogP contribution in [0.25, 0.3) is 0 Å². The van der Waals surface area contributed by atoms with Gasteiger partial charge in [0.05, 0.1) is 0 Å². The number of aliphatic carboxylic acids is 1. The van der Waals surface area contributed by atoms with E-state index < -0.39 is 11.5 Å². The summed E-state index contributed by atoms with van der Waals surface area (Å²) in [4.78, 5) is 25.5. The lowest BCUT2D eigenvalue weighted by molar-refractivity contribution is -0.144. The maximum Gasteiger partial charge on any atom is 0.329 e. The number of nitrogens with one attached hydrogen (secondary N) is 1. The quantitative estimate of drug-likeness (QED) is 0.815.